The molecule has 0 spiro atoms. The van der Waals surface area contributed by atoms with Crippen LogP contribution in [-0.4, -0.2) is 49.2 Å². The van der Waals surface area contributed by atoms with Crippen molar-refractivity contribution in [3.63, 3.8) is 0 Å². The number of rotatable bonds is 7. The van der Waals surface area contributed by atoms with E-state index in [0.717, 1.165) is 37.1 Å². The quantitative estimate of drug-likeness (QED) is 0.449. The Bertz CT molecular complexity index is 1580. The normalized spacial score (nSPS) is 21.1. The zero-order chi connectivity index (χ0) is 27.2. The number of methoxy groups -OCH3 is 1. The highest BCUT2D eigenvalue weighted by Gasteiger charge is 2.33. The van der Waals surface area contributed by atoms with Gasteiger partial charge < -0.3 is 19.7 Å². The smallest absolute Gasteiger partial charge is 0.256 e. The number of nitrogens with one attached hydrogen (secondary N) is 1. The van der Waals surface area contributed by atoms with Crippen molar-refractivity contribution >= 4 is 35.5 Å². The fourth-order valence-electron chi connectivity index (χ4n) is 6.47. The number of anilines is 1. The molecule has 0 aromatic heterocycles. The second-order valence-electron chi connectivity index (χ2n) is 10.8. The molecule has 7 nitrogen and oxygen atoms in total. The van der Waals surface area contributed by atoms with Crippen molar-refractivity contribution in [2.75, 3.05) is 25.6 Å². The average molecular weight is 534 g/mol. The highest BCUT2D eigenvalue weighted by atomic mass is 16.5. The Balaban J connectivity index is 1.01. The zero-order valence-electron chi connectivity index (χ0n) is 22.5. The molecular weight excluding hydrogens is 502 g/mol. The summed E-state index contributed by atoms with van der Waals surface area (Å²) in [6.45, 7) is 1.08. The first-order chi connectivity index (χ1) is 19.6. The number of benzene rings is 2. The third-order valence-electron chi connectivity index (χ3n) is 8.45. The molecule has 2 atom stereocenters. The molecule has 0 bridgehead atoms. The van der Waals surface area contributed by atoms with Crippen LogP contribution in [0.2, 0.25) is 0 Å². The van der Waals surface area contributed by atoms with Crippen LogP contribution >= 0.6 is 0 Å². The monoisotopic (exact) mass is 533 g/mol. The van der Waals surface area contributed by atoms with Gasteiger partial charge in [-0.25, -0.2) is 0 Å². The standard InChI is InChI=1S/C33H31N3O4/c1-39-28-17-25-27(34-19-23-7-3-15-36(23)33(25)38)18-29(28)40-16-4-8-30(37)35-26-14-12-22-10-9-20-5-2-6-21-11-13-24(26)32(22)31(20)21/h2,5-6,9,11-14,17-19,23,31H,3-4,7-8,10,15-16H2,1H3,(H,35,37). The molecule has 40 heavy (non-hydrogen) atoms. The Kier molecular flexibility index (Phi) is 6.14. The predicted octanol–water partition coefficient (Wildman–Crippen LogP) is 5.90. The van der Waals surface area contributed by atoms with Gasteiger partial charge in [0, 0.05) is 42.4 Å². The van der Waals surface area contributed by atoms with E-state index < -0.39 is 0 Å². The maximum absolute atomic E-state index is 13.1. The summed E-state index contributed by atoms with van der Waals surface area (Å²) in [5.41, 5.74) is 8.34. The summed E-state index contributed by atoms with van der Waals surface area (Å²) in [6, 6.07) is 7.69. The van der Waals surface area contributed by atoms with E-state index in [-0.39, 0.29) is 23.8 Å². The number of ether oxygens (including phenoxy) is 2. The molecule has 2 amide bonds. The van der Waals surface area contributed by atoms with Gasteiger partial charge in [-0.3, -0.25) is 14.6 Å². The molecule has 1 saturated heterocycles. The van der Waals surface area contributed by atoms with E-state index in [1.807, 2.05) is 17.2 Å². The van der Waals surface area contributed by atoms with Gasteiger partial charge in [0.05, 0.1) is 31.0 Å². The van der Waals surface area contributed by atoms with Crippen LogP contribution in [0.15, 0.2) is 70.8 Å². The number of allylic oxidation sites excluding steroid dienone is 7. The molecule has 2 aromatic rings. The summed E-state index contributed by atoms with van der Waals surface area (Å²) in [5, 5.41) is 3.14. The first-order valence-corrected chi connectivity index (χ1v) is 14.0. The molecule has 1 N–H and O–H groups in total. The van der Waals surface area contributed by atoms with Gasteiger partial charge in [-0.2, -0.15) is 0 Å². The minimum Gasteiger partial charge on any atom is -0.493 e. The van der Waals surface area contributed by atoms with Crippen molar-refractivity contribution < 1.29 is 19.1 Å². The Morgan fingerprint density at radius 2 is 2.08 bits per heavy atom. The van der Waals surface area contributed by atoms with Crippen molar-refractivity contribution in [1.82, 2.24) is 4.90 Å². The molecule has 3 aliphatic carbocycles. The van der Waals surface area contributed by atoms with Gasteiger partial charge in [-0.1, -0.05) is 42.5 Å². The van der Waals surface area contributed by atoms with Gasteiger partial charge in [-0.15, -0.1) is 0 Å². The molecule has 2 unspecified atom stereocenters. The van der Waals surface area contributed by atoms with Gasteiger partial charge in [0.2, 0.25) is 5.91 Å². The molecule has 0 saturated carbocycles. The number of carbonyl (C=O) groups excluding carboxylic acids is 2. The maximum Gasteiger partial charge on any atom is 0.256 e. The van der Waals surface area contributed by atoms with Crippen LogP contribution in [0.5, 0.6) is 11.5 Å². The summed E-state index contributed by atoms with van der Waals surface area (Å²) in [7, 11) is 1.56. The zero-order valence-corrected chi connectivity index (χ0v) is 22.5. The lowest BCUT2D eigenvalue weighted by Gasteiger charge is -2.34. The van der Waals surface area contributed by atoms with Crippen LogP contribution in [0.1, 0.15) is 58.6 Å². The van der Waals surface area contributed by atoms with Crippen molar-refractivity contribution in [2.45, 2.75) is 44.1 Å². The number of carbonyl (C=O) groups is 2. The highest BCUT2D eigenvalue weighted by Crippen LogP contribution is 2.47. The Morgan fingerprint density at radius 1 is 1.15 bits per heavy atom. The molecule has 202 valence electrons. The van der Waals surface area contributed by atoms with E-state index in [9.17, 15) is 9.59 Å². The Labute approximate surface area is 233 Å². The van der Waals surface area contributed by atoms with Crippen LogP contribution in [-0.2, 0) is 11.2 Å². The van der Waals surface area contributed by atoms with Crippen LogP contribution in [0.4, 0.5) is 11.4 Å². The van der Waals surface area contributed by atoms with E-state index >= 15 is 0 Å². The lowest BCUT2D eigenvalue weighted by Crippen LogP contribution is -2.35. The van der Waals surface area contributed by atoms with Crippen LogP contribution < -0.4 is 14.8 Å². The summed E-state index contributed by atoms with van der Waals surface area (Å²) < 4.78 is 11.6. The van der Waals surface area contributed by atoms with Gasteiger partial charge in [0.15, 0.2) is 11.5 Å². The molecule has 2 aliphatic heterocycles. The average Bonchev–Trinajstić information content (AvgIpc) is 3.41. The van der Waals surface area contributed by atoms with Gasteiger partial charge in [0.1, 0.15) is 0 Å². The van der Waals surface area contributed by atoms with Crippen molar-refractivity contribution in [3.05, 3.63) is 88.0 Å². The largest absolute Gasteiger partial charge is 0.493 e. The van der Waals surface area contributed by atoms with Crippen molar-refractivity contribution in [2.24, 2.45) is 4.99 Å². The highest BCUT2D eigenvalue weighted by molar-refractivity contribution is 6.03. The fraction of sp³-hybridized carbons (Fsp3) is 0.303. The lowest BCUT2D eigenvalue weighted by molar-refractivity contribution is -0.116. The minimum atomic E-state index is -0.0469. The molecule has 2 aromatic carbocycles. The number of fused-ring (bicyclic) bond motifs is 2. The van der Waals surface area contributed by atoms with Gasteiger partial charge in [0.25, 0.3) is 5.91 Å². The van der Waals surface area contributed by atoms with Crippen molar-refractivity contribution in [3.8, 4) is 11.5 Å². The number of hydrogen-bond donors (Lipinski definition) is 1. The Morgan fingerprint density at radius 3 is 2.98 bits per heavy atom. The number of aliphatic imine (C=N–C) groups is 1. The lowest BCUT2D eigenvalue weighted by atomic mass is 9.71. The minimum absolute atomic E-state index is 0.0213. The van der Waals surface area contributed by atoms with Crippen LogP contribution in [0.25, 0.3) is 6.08 Å². The molecule has 7 heteroatoms. The molecule has 2 heterocycles. The molecule has 7 rings (SSSR count). The molecular formula is C33H31N3O4. The molecule has 5 aliphatic rings. The second kappa shape index (κ2) is 9.97. The van der Waals surface area contributed by atoms with E-state index in [4.69, 9.17) is 9.47 Å². The van der Waals surface area contributed by atoms with Crippen molar-refractivity contribution in [1.29, 1.82) is 0 Å². The third-order valence-corrected chi connectivity index (χ3v) is 8.45. The SMILES string of the molecule is COc1cc2c(cc1OCCCC(=O)Nc1ccc3c4c1C=CC1=CC=CC(=CC3)C14)N=CC1CCCN1C2=O. The maximum atomic E-state index is 13.1. The first kappa shape index (κ1) is 24.6. The number of hydrogen-bond acceptors (Lipinski definition) is 5. The molecule has 1 fully saturated rings. The van der Waals surface area contributed by atoms with Crippen LogP contribution in [0, 0.1) is 0 Å². The first-order valence-electron chi connectivity index (χ1n) is 14.0. The number of nitrogens with zero attached hydrogens (tertiary/aromatic N) is 2. The predicted molar refractivity (Wildman–Crippen MR) is 156 cm³/mol. The summed E-state index contributed by atoms with van der Waals surface area (Å²) in [5.74, 6) is 1.20. The number of amides is 2. The van der Waals surface area contributed by atoms with Crippen LogP contribution in [0.3, 0.4) is 0 Å². The summed E-state index contributed by atoms with van der Waals surface area (Å²) in [6.07, 6.45) is 18.6. The fourth-order valence-corrected chi connectivity index (χ4v) is 6.47. The third kappa shape index (κ3) is 4.17. The van der Waals surface area contributed by atoms with Gasteiger partial charge in [-0.05, 0) is 60.1 Å². The van der Waals surface area contributed by atoms with E-state index in [0.29, 0.717) is 42.2 Å². The van der Waals surface area contributed by atoms with E-state index in [2.05, 4.69) is 52.8 Å². The Hall–Kier alpha value is -4.39. The summed E-state index contributed by atoms with van der Waals surface area (Å²) >= 11 is 0. The second-order valence-corrected chi connectivity index (χ2v) is 10.8. The van der Waals surface area contributed by atoms with E-state index in [1.54, 1.807) is 19.2 Å². The topological polar surface area (TPSA) is 80.2 Å². The summed E-state index contributed by atoms with van der Waals surface area (Å²) in [4.78, 5) is 32.5. The van der Waals surface area contributed by atoms with Gasteiger partial charge >= 0.3 is 0 Å². The molecule has 0 radical (unpaired) electrons. The van der Waals surface area contributed by atoms with E-state index in [1.165, 1.54) is 22.3 Å².